The van der Waals surface area contributed by atoms with E-state index in [4.69, 9.17) is 32.7 Å². The van der Waals surface area contributed by atoms with Crippen molar-refractivity contribution in [1.82, 2.24) is 9.78 Å². The van der Waals surface area contributed by atoms with Gasteiger partial charge in [0.15, 0.2) is 0 Å². The van der Waals surface area contributed by atoms with Crippen molar-refractivity contribution < 1.29 is 14.3 Å². The topological polar surface area (TPSA) is 53.3 Å². The summed E-state index contributed by atoms with van der Waals surface area (Å²) in [6.07, 6.45) is 0. The second kappa shape index (κ2) is 7.03. The fourth-order valence-corrected chi connectivity index (χ4v) is 2.17. The minimum Gasteiger partial charge on any atom is -0.492 e. The number of aromatic nitrogens is 2. The molecule has 0 aliphatic heterocycles. The Morgan fingerprint density at radius 3 is 2.64 bits per heavy atom. The molecule has 0 N–H and O–H groups in total. The zero-order valence-corrected chi connectivity index (χ0v) is 14.0. The molecule has 0 aliphatic rings. The molecule has 0 amide bonds. The van der Waals surface area contributed by atoms with Gasteiger partial charge < -0.3 is 9.47 Å². The first kappa shape index (κ1) is 16.6. The zero-order chi connectivity index (χ0) is 16.3. The Hall–Kier alpha value is -1.72. The molecule has 0 fully saturated rings. The van der Waals surface area contributed by atoms with E-state index < -0.39 is 0 Å². The lowest BCUT2D eigenvalue weighted by Crippen LogP contribution is -2.13. The van der Waals surface area contributed by atoms with Gasteiger partial charge in [-0.25, -0.2) is 4.68 Å². The van der Waals surface area contributed by atoms with E-state index in [0.29, 0.717) is 34.8 Å². The highest BCUT2D eigenvalue weighted by Crippen LogP contribution is 2.26. The summed E-state index contributed by atoms with van der Waals surface area (Å²) in [6.45, 7) is 5.87. The monoisotopic (exact) mass is 342 g/mol. The van der Waals surface area contributed by atoms with Gasteiger partial charge in [0, 0.05) is 18.6 Å². The van der Waals surface area contributed by atoms with Crippen LogP contribution in [-0.2, 0) is 11.3 Å². The van der Waals surface area contributed by atoms with Gasteiger partial charge in [0.1, 0.15) is 12.4 Å². The Morgan fingerprint density at radius 2 is 2.00 bits per heavy atom. The van der Waals surface area contributed by atoms with Crippen molar-refractivity contribution in [3.05, 3.63) is 39.5 Å². The van der Waals surface area contributed by atoms with Crippen LogP contribution in [-0.4, -0.2) is 22.4 Å². The van der Waals surface area contributed by atoms with Crippen LogP contribution in [0, 0.1) is 13.8 Å². The smallest absolute Gasteiger partial charge is 0.309 e. The van der Waals surface area contributed by atoms with E-state index in [1.165, 1.54) is 6.92 Å². The number of esters is 1. The first-order chi connectivity index (χ1) is 10.4. The van der Waals surface area contributed by atoms with Crippen molar-refractivity contribution in [1.29, 1.82) is 0 Å². The van der Waals surface area contributed by atoms with Crippen LogP contribution in [0.2, 0.25) is 10.0 Å². The summed E-state index contributed by atoms with van der Waals surface area (Å²) in [7, 11) is 0. The number of hydrogen-bond acceptors (Lipinski definition) is 4. The van der Waals surface area contributed by atoms with Crippen molar-refractivity contribution in [3.8, 4) is 11.6 Å². The van der Waals surface area contributed by atoms with Crippen LogP contribution in [0.1, 0.15) is 18.2 Å². The molecule has 0 saturated carbocycles. The average molecular weight is 343 g/mol. The lowest BCUT2D eigenvalue weighted by Gasteiger charge is -2.10. The lowest BCUT2D eigenvalue weighted by atomic mass is 10.3. The van der Waals surface area contributed by atoms with Crippen molar-refractivity contribution in [3.63, 3.8) is 0 Å². The highest BCUT2D eigenvalue weighted by Gasteiger charge is 2.14. The van der Waals surface area contributed by atoms with Crippen LogP contribution in [0.25, 0.3) is 0 Å². The summed E-state index contributed by atoms with van der Waals surface area (Å²) in [5, 5.41) is 5.25. The quantitative estimate of drug-likeness (QED) is 0.775. The number of carbonyl (C=O) groups excluding carboxylic acids is 1. The maximum absolute atomic E-state index is 11.2. The second-order valence-corrected chi connectivity index (χ2v) is 5.57. The molecule has 22 heavy (non-hydrogen) atoms. The number of rotatable bonds is 5. The molecule has 0 radical (unpaired) electrons. The molecule has 0 saturated heterocycles. The molecule has 0 bridgehead atoms. The number of nitrogens with zero attached hydrogens (tertiary/aromatic N) is 2. The molecule has 0 spiro atoms. The first-order valence-electron chi connectivity index (χ1n) is 6.68. The molecule has 5 nitrogen and oxygen atoms in total. The third-order valence-electron chi connectivity index (χ3n) is 3.07. The summed E-state index contributed by atoms with van der Waals surface area (Å²) in [6, 6.07) is 5.06. The normalized spacial score (nSPS) is 10.6. The first-order valence-corrected chi connectivity index (χ1v) is 7.44. The molecule has 0 aliphatic carbocycles. The minimum atomic E-state index is -0.380. The molecule has 1 aromatic carbocycles. The van der Waals surface area contributed by atoms with Crippen LogP contribution in [0.4, 0.5) is 0 Å². The van der Waals surface area contributed by atoms with E-state index in [1.807, 2.05) is 13.8 Å². The van der Waals surface area contributed by atoms with Gasteiger partial charge in [-0.1, -0.05) is 23.2 Å². The number of ether oxygens (including phenoxy) is 2. The lowest BCUT2D eigenvalue weighted by molar-refractivity contribution is -0.132. The minimum absolute atomic E-state index is 0.354. The van der Waals surface area contributed by atoms with Gasteiger partial charge in [-0.3, -0.25) is 4.79 Å². The fourth-order valence-electron chi connectivity index (χ4n) is 1.88. The Morgan fingerprint density at radius 1 is 1.27 bits per heavy atom. The molecular formula is C15H16Cl2N2O3. The summed E-state index contributed by atoms with van der Waals surface area (Å²) in [5.41, 5.74) is 1.65. The Bertz CT molecular complexity index is 698. The second-order valence-electron chi connectivity index (χ2n) is 4.76. The Labute approximate surface area is 138 Å². The van der Waals surface area contributed by atoms with Gasteiger partial charge >= 0.3 is 5.97 Å². The standard InChI is InChI=1S/C15H16Cl2N2O3/c1-9-10(2)18-19(15(9)22-11(3)20)6-7-21-12-4-5-13(16)14(17)8-12/h4-5,8H,6-7H2,1-3H3. The maximum atomic E-state index is 11.2. The summed E-state index contributed by atoms with van der Waals surface area (Å²) >= 11 is 11.8. The number of carbonyl (C=O) groups is 1. The summed E-state index contributed by atoms with van der Waals surface area (Å²) < 4.78 is 12.4. The molecule has 7 heteroatoms. The number of aryl methyl sites for hydroxylation is 1. The van der Waals surface area contributed by atoms with E-state index in [9.17, 15) is 4.79 Å². The highest BCUT2D eigenvalue weighted by atomic mass is 35.5. The van der Waals surface area contributed by atoms with Gasteiger partial charge in [-0.15, -0.1) is 0 Å². The predicted octanol–water partition coefficient (Wildman–Crippen LogP) is 3.81. The molecule has 2 aromatic rings. The van der Waals surface area contributed by atoms with E-state index >= 15 is 0 Å². The SMILES string of the molecule is CC(=O)Oc1c(C)c(C)nn1CCOc1ccc(Cl)c(Cl)c1. The average Bonchev–Trinajstić information content (AvgIpc) is 2.70. The fraction of sp³-hybridized carbons (Fsp3) is 0.333. The molecule has 1 heterocycles. The third kappa shape index (κ3) is 3.93. The van der Waals surface area contributed by atoms with Crippen LogP contribution >= 0.6 is 23.2 Å². The van der Waals surface area contributed by atoms with Crippen LogP contribution in [0.5, 0.6) is 11.6 Å². The highest BCUT2D eigenvalue weighted by molar-refractivity contribution is 6.42. The van der Waals surface area contributed by atoms with Crippen LogP contribution in [0.3, 0.4) is 0 Å². The number of benzene rings is 1. The molecule has 1 aromatic heterocycles. The number of halogens is 2. The third-order valence-corrected chi connectivity index (χ3v) is 3.81. The summed E-state index contributed by atoms with van der Waals surface area (Å²) in [5.74, 6) is 0.682. The predicted molar refractivity (Wildman–Crippen MR) is 85.0 cm³/mol. The van der Waals surface area contributed by atoms with Gasteiger partial charge in [0.2, 0.25) is 5.88 Å². The van der Waals surface area contributed by atoms with Crippen LogP contribution in [0.15, 0.2) is 18.2 Å². The van der Waals surface area contributed by atoms with E-state index in [2.05, 4.69) is 5.10 Å². The van der Waals surface area contributed by atoms with Crippen molar-refractivity contribution in [2.45, 2.75) is 27.3 Å². The summed E-state index contributed by atoms with van der Waals surface area (Å²) in [4.78, 5) is 11.2. The number of hydrogen-bond donors (Lipinski definition) is 0. The Balaban J connectivity index is 2.03. The molecule has 2 rings (SSSR count). The van der Waals surface area contributed by atoms with Crippen LogP contribution < -0.4 is 9.47 Å². The van der Waals surface area contributed by atoms with Gasteiger partial charge in [0.05, 0.1) is 22.3 Å². The molecule has 0 atom stereocenters. The van der Waals surface area contributed by atoms with Crippen molar-refractivity contribution in [2.24, 2.45) is 0 Å². The Kier molecular flexibility index (Phi) is 5.32. The van der Waals surface area contributed by atoms with Crippen molar-refractivity contribution >= 4 is 29.2 Å². The maximum Gasteiger partial charge on any atom is 0.309 e. The largest absolute Gasteiger partial charge is 0.492 e. The van der Waals surface area contributed by atoms with E-state index in [-0.39, 0.29) is 5.97 Å². The van der Waals surface area contributed by atoms with E-state index in [1.54, 1.807) is 22.9 Å². The van der Waals surface area contributed by atoms with Gasteiger partial charge in [-0.05, 0) is 26.0 Å². The molecule has 0 unspecified atom stereocenters. The van der Waals surface area contributed by atoms with Gasteiger partial charge in [-0.2, -0.15) is 5.10 Å². The van der Waals surface area contributed by atoms with Gasteiger partial charge in [0.25, 0.3) is 0 Å². The molecular weight excluding hydrogens is 327 g/mol. The molecule has 118 valence electrons. The van der Waals surface area contributed by atoms with Crippen molar-refractivity contribution in [2.75, 3.05) is 6.61 Å². The zero-order valence-electron chi connectivity index (χ0n) is 12.5. The van der Waals surface area contributed by atoms with E-state index in [0.717, 1.165) is 11.3 Å².